The molecule has 2 aromatic rings. The first-order valence-corrected chi connectivity index (χ1v) is 13.4. The lowest BCUT2D eigenvalue weighted by Crippen LogP contribution is -2.73. The van der Waals surface area contributed by atoms with Crippen molar-refractivity contribution >= 4 is 24.2 Å². The number of para-hydroxylation sites is 1. The maximum absolute atomic E-state index is 13.5. The van der Waals surface area contributed by atoms with Crippen molar-refractivity contribution in [1.82, 2.24) is 15.1 Å². The molecule has 2 fully saturated rings. The number of nitrogens with one attached hydrogen (secondary N) is 1. The molecule has 202 valence electrons. The summed E-state index contributed by atoms with van der Waals surface area (Å²) in [7, 11) is 0. The summed E-state index contributed by atoms with van der Waals surface area (Å²) in [5, 5.41) is 3.10. The number of halogens is 1. The second kappa shape index (κ2) is 12.8. The van der Waals surface area contributed by atoms with E-state index in [4.69, 9.17) is 4.74 Å². The van der Waals surface area contributed by atoms with Crippen molar-refractivity contribution in [3.8, 4) is 11.5 Å². The standard InChI is InChI=1S/C30H41N3O3.ClH/c1-22(2)14-17-33-28(34)27(20-23(3)4)31-29(35)30(33)15-18-32(19-16-30)21-24-10-12-26(13-11-24)36-25-8-6-5-7-9-25;/h5-13,22-23,27H,14-21H2,1-4H3,(H,31,35);1H. The van der Waals surface area contributed by atoms with Gasteiger partial charge in [0.1, 0.15) is 23.1 Å². The van der Waals surface area contributed by atoms with Crippen LogP contribution in [0.2, 0.25) is 0 Å². The van der Waals surface area contributed by atoms with Crippen molar-refractivity contribution in [1.29, 1.82) is 0 Å². The predicted molar refractivity (Wildman–Crippen MR) is 150 cm³/mol. The molecule has 4 rings (SSSR count). The number of nitrogens with zero attached hydrogens (tertiary/aromatic N) is 2. The number of ether oxygens (including phenoxy) is 1. The number of carbonyl (C=O) groups is 2. The molecule has 2 aliphatic rings. The van der Waals surface area contributed by atoms with Crippen LogP contribution in [0.25, 0.3) is 0 Å². The third-order valence-corrected chi connectivity index (χ3v) is 7.44. The SMILES string of the molecule is CC(C)CCN1C(=O)C(CC(C)C)NC(=O)C12CCN(Cc1ccc(Oc3ccccc3)cc1)CC2.Cl. The van der Waals surface area contributed by atoms with Crippen molar-refractivity contribution in [2.45, 2.75) is 71.5 Å². The highest BCUT2D eigenvalue weighted by Gasteiger charge is 2.53. The first-order chi connectivity index (χ1) is 17.3. The zero-order valence-electron chi connectivity index (χ0n) is 22.6. The van der Waals surface area contributed by atoms with Crippen LogP contribution in [0.3, 0.4) is 0 Å². The lowest BCUT2D eigenvalue weighted by atomic mass is 9.80. The molecule has 0 aromatic heterocycles. The Bertz CT molecular complexity index is 1020. The molecule has 37 heavy (non-hydrogen) atoms. The van der Waals surface area contributed by atoms with Crippen molar-refractivity contribution in [2.75, 3.05) is 19.6 Å². The van der Waals surface area contributed by atoms with Gasteiger partial charge in [-0.05, 0) is 67.3 Å². The zero-order chi connectivity index (χ0) is 25.7. The lowest BCUT2D eigenvalue weighted by Gasteiger charge is -2.52. The van der Waals surface area contributed by atoms with E-state index in [-0.39, 0.29) is 24.2 Å². The Balaban J connectivity index is 0.00000380. The van der Waals surface area contributed by atoms with Crippen molar-refractivity contribution in [3.63, 3.8) is 0 Å². The first-order valence-electron chi connectivity index (χ1n) is 13.4. The van der Waals surface area contributed by atoms with Gasteiger partial charge in [0.2, 0.25) is 11.8 Å². The number of rotatable bonds is 9. The molecule has 6 nitrogen and oxygen atoms in total. The minimum atomic E-state index is -0.719. The summed E-state index contributed by atoms with van der Waals surface area (Å²) in [6.45, 7) is 11.6. The molecule has 1 N–H and O–H groups in total. The summed E-state index contributed by atoms with van der Waals surface area (Å²) in [4.78, 5) is 31.3. The third kappa shape index (κ3) is 7.05. The van der Waals surface area contributed by atoms with Gasteiger partial charge in [-0.1, -0.05) is 58.0 Å². The highest BCUT2D eigenvalue weighted by molar-refractivity contribution is 6.00. The number of carbonyl (C=O) groups excluding carboxylic acids is 2. The number of piperazine rings is 1. The maximum atomic E-state index is 13.5. The van der Waals surface area contributed by atoms with E-state index in [1.165, 1.54) is 5.56 Å². The zero-order valence-corrected chi connectivity index (χ0v) is 23.4. The van der Waals surface area contributed by atoms with Crippen LogP contribution in [0.1, 0.15) is 58.9 Å². The summed E-state index contributed by atoms with van der Waals surface area (Å²) in [5.41, 5.74) is 0.493. The Morgan fingerprint density at radius 3 is 2.14 bits per heavy atom. The summed E-state index contributed by atoms with van der Waals surface area (Å²) in [6.07, 6.45) is 2.95. The van der Waals surface area contributed by atoms with Gasteiger partial charge in [-0.25, -0.2) is 0 Å². The van der Waals surface area contributed by atoms with Crippen molar-refractivity contribution in [2.24, 2.45) is 11.8 Å². The maximum Gasteiger partial charge on any atom is 0.246 e. The van der Waals surface area contributed by atoms with Gasteiger partial charge in [0.25, 0.3) is 0 Å². The van der Waals surface area contributed by atoms with E-state index in [0.717, 1.165) is 37.6 Å². The van der Waals surface area contributed by atoms with E-state index in [0.29, 0.717) is 37.6 Å². The van der Waals surface area contributed by atoms with Crippen LogP contribution in [0.15, 0.2) is 54.6 Å². The minimum Gasteiger partial charge on any atom is -0.457 e. The quantitative estimate of drug-likeness (QED) is 0.457. The summed E-state index contributed by atoms with van der Waals surface area (Å²) in [5.74, 6) is 2.62. The Morgan fingerprint density at radius 2 is 1.54 bits per heavy atom. The van der Waals surface area contributed by atoms with Gasteiger partial charge in [-0.15, -0.1) is 12.4 Å². The third-order valence-electron chi connectivity index (χ3n) is 7.44. The van der Waals surface area contributed by atoms with E-state index in [1.54, 1.807) is 0 Å². The van der Waals surface area contributed by atoms with Gasteiger partial charge in [0.05, 0.1) is 0 Å². The molecule has 2 aliphatic heterocycles. The molecule has 2 heterocycles. The highest BCUT2D eigenvalue weighted by Crippen LogP contribution is 2.35. The number of hydrogen-bond acceptors (Lipinski definition) is 4. The number of piperidine rings is 1. The van der Waals surface area contributed by atoms with Gasteiger partial charge in [-0.2, -0.15) is 0 Å². The van der Waals surface area contributed by atoms with Crippen LogP contribution in [0, 0.1) is 11.8 Å². The highest BCUT2D eigenvalue weighted by atomic mass is 35.5. The molecule has 1 spiro atoms. The average Bonchev–Trinajstić information content (AvgIpc) is 2.85. The van der Waals surface area contributed by atoms with Gasteiger partial charge in [-0.3, -0.25) is 14.5 Å². The van der Waals surface area contributed by atoms with E-state index >= 15 is 0 Å². The van der Waals surface area contributed by atoms with E-state index in [1.807, 2.05) is 47.4 Å². The molecule has 0 bridgehead atoms. The molecule has 1 atom stereocenters. The molecule has 0 saturated carbocycles. The summed E-state index contributed by atoms with van der Waals surface area (Å²) in [6, 6.07) is 17.6. The van der Waals surface area contributed by atoms with E-state index in [9.17, 15) is 9.59 Å². The Hall–Kier alpha value is -2.57. The molecule has 2 saturated heterocycles. The Labute approximate surface area is 228 Å². The molecule has 0 aliphatic carbocycles. The topological polar surface area (TPSA) is 61.9 Å². The summed E-state index contributed by atoms with van der Waals surface area (Å²) < 4.78 is 5.91. The smallest absolute Gasteiger partial charge is 0.246 e. The van der Waals surface area contributed by atoms with Gasteiger partial charge in [0.15, 0.2) is 0 Å². The predicted octanol–water partition coefficient (Wildman–Crippen LogP) is 5.65. The van der Waals surface area contributed by atoms with Crippen LogP contribution in [0.4, 0.5) is 0 Å². The average molecular weight is 528 g/mol. The van der Waals surface area contributed by atoms with Gasteiger partial charge in [0, 0.05) is 26.2 Å². The number of benzene rings is 2. The van der Waals surface area contributed by atoms with Crippen molar-refractivity contribution < 1.29 is 14.3 Å². The van der Waals surface area contributed by atoms with E-state index < -0.39 is 11.6 Å². The monoisotopic (exact) mass is 527 g/mol. The van der Waals surface area contributed by atoms with Gasteiger partial charge >= 0.3 is 0 Å². The molecule has 2 amide bonds. The second-order valence-electron chi connectivity index (χ2n) is 11.2. The van der Waals surface area contributed by atoms with Crippen molar-refractivity contribution in [3.05, 3.63) is 60.2 Å². The van der Waals surface area contributed by atoms with Crippen LogP contribution >= 0.6 is 12.4 Å². The van der Waals surface area contributed by atoms with Crippen LogP contribution in [-0.4, -0.2) is 52.8 Å². The fraction of sp³-hybridized carbons (Fsp3) is 0.533. The largest absolute Gasteiger partial charge is 0.457 e. The fourth-order valence-corrected chi connectivity index (χ4v) is 5.34. The van der Waals surface area contributed by atoms with Crippen LogP contribution in [-0.2, 0) is 16.1 Å². The van der Waals surface area contributed by atoms with Gasteiger partial charge < -0.3 is 15.0 Å². The lowest BCUT2D eigenvalue weighted by molar-refractivity contribution is -0.162. The molecule has 2 aromatic carbocycles. The normalized spacial score (nSPS) is 19.7. The Morgan fingerprint density at radius 1 is 0.919 bits per heavy atom. The second-order valence-corrected chi connectivity index (χ2v) is 11.2. The first kappa shape index (κ1) is 29.0. The Kier molecular flexibility index (Phi) is 10.0. The number of likely N-dealkylation sites (tertiary alicyclic amines) is 1. The minimum absolute atomic E-state index is 0. The molecule has 0 radical (unpaired) electrons. The summed E-state index contributed by atoms with van der Waals surface area (Å²) >= 11 is 0. The van der Waals surface area contributed by atoms with Crippen LogP contribution < -0.4 is 10.1 Å². The molecule has 1 unspecified atom stereocenters. The molecular weight excluding hydrogens is 486 g/mol. The fourth-order valence-electron chi connectivity index (χ4n) is 5.34. The molecular formula is C30H42ClN3O3. The number of hydrogen-bond donors (Lipinski definition) is 1. The number of amides is 2. The van der Waals surface area contributed by atoms with E-state index in [2.05, 4.69) is 50.0 Å². The van der Waals surface area contributed by atoms with Crippen LogP contribution in [0.5, 0.6) is 11.5 Å². The molecule has 7 heteroatoms.